The van der Waals surface area contributed by atoms with Crippen LogP contribution in [0.25, 0.3) is 0 Å². The van der Waals surface area contributed by atoms with E-state index in [-0.39, 0.29) is 0 Å². The Bertz CT molecular complexity index is 779. The van der Waals surface area contributed by atoms with Gasteiger partial charge in [0.25, 0.3) is 0 Å². The van der Waals surface area contributed by atoms with E-state index in [0.29, 0.717) is 0 Å². The van der Waals surface area contributed by atoms with Gasteiger partial charge in [-0.2, -0.15) is 0 Å². The van der Waals surface area contributed by atoms with E-state index < -0.39 is 16.9 Å². The molecule has 0 bridgehead atoms. The van der Waals surface area contributed by atoms with Crippen molar-refractivity contribution in [2.75, 3.05) is 0 Å². The van der Waals surface area contributed by atoms with Gasteiger partial charge >= 0.3 is 155 Å². The van der Waals surface area contributed by atoms with Gasteiger partial charge in [0.15, 0.2) is 0 Å². The van der Waals surface area contributed by atoms with Gasteiger partial charge in [-0.3, -0.25) is 0 Å². The van der Waals surface area contributed by atoms with Crippen molar-refractivity contribution in [2.45, 2.75) is 17.3 Å². The first-order chi connectivity index (χ1) is 10.9. The van der Waals surface area contributed by atoms with Crippen molar-refractivity contribution in [2.24, 2.45) is 0 Å². The predicted molar refractivity (Wildman–Crippen MR) is 102 cm³/mol. The van der Waals surface area contributed by atoms with Crippen LogP contribution in [0.5, 0.6) is 0 Å². The van der Waals surface area contributed by atoms with E-state index in [1.54, 1.807) is 0 Å². The molecule has 0 fully saturated rings. The molecule has 1 aliphatic heterocycles. The molecule has 0 N–H and O–H groups in total. The molecule has 2 aromatic carbocycles. The van der Waals surface area contributed by atoms with Crippen LogP contribution in [0.4, 0.5) is 0 Å². The standard InChI is InChI=1S/C18H16P.3ClH.Ti/c1-13-14(2)18(16-11-7-4-8-12-16)19-17(13)15-9-5-3-6-10-15;;;;/h3-12H,1-2H3;3*1H;/q;;;;+3/p-3. The Morgan fingerprint density at radius 3 is 1.87 bits per heavy atom. The van der Waals surface area contributed by atoms with E-state index in [2.05, 4.69) is 50.2 Å². The Balaban J connectivity index is 2.28. The molecule has 1 aliphatic rings. The monoisotopic (exact) mass is 416 g/mol. The molecular weight excluding hydrogens is 401 g/mol. The van der Waals surface area contributed by atoms with Gasteiger partial charge in [-0.05, 0) is 0 Å². The molecule has 1 unspecified atom stereocenters. The Morgan fingerprint density at radius 2 is 1.35 bits per heavy atom. The van der Waals surface area contributed by atoms with Crippen molar-refractivity contribution >= 4 is 41.4 Å². The van der Waals surface area contributed by atoms with Crippen LogP contribution in [-0.2, 0) is 16.9 Å². The molecule has 2 aromatic rings. The number of hydrogen-bond donors (Lipinski definition) is 0. The minimum absolute atomic E-state index is 0.471. The van der Waals surface area contributed by atoms with E-state index in [0.717, 1.165) is 13.8 Å². The molecule has 5 heteroatoms. The van der Waals surface area contributed by atoms with Gasteiger partial charge in [0.2, 0.25) is 0 Å². The van der Waals surface area contributed by atoms with Crippen LogP contribution in [0.2, 0.25) is 0 Å². The van der Waals surface area contributed by atoms with Crippen molar-refractivity contribution in [1.82, 2.24) is 0 Å². The average molecular weight is 418 g/mol. The van der Waals surface area contributed by atoms with Gasteiger partial charge in [0.05, 0.1) is 0 Å². The molecule has 0 saturated heterocycles. The van der Waals surface area contributed by atoms with Crippen molar-refractivity contribution in [3.05, 3.63) is 82.9 Å². The van der Waals surface area contributed by atoms with Gasteiger partial charge < -0.3 is 0 Å². The number of allylic oxidation sites excluding steroid dienone is 2. The van der Waals surface area contributed by atoms with Crippen LogP contribution in [0, 0.1) is 0 Å². The second-order valence-electron chi connectivity index (χ2n) is 5.65. The quantitative estimate of drug-likeness (QED) is 0.374. The molecule has 0 amide bonds. The zero-order valence-electron chi connectivity index (χ0n) is 12.9. The first-order valence-corrected chi connectivity index (χ1v) is 15.5. The average Bonchev–Trinajstić information content (AvgIpc) is 2.82. The maximum absolute atomic E-state index is 6.71. The molecule has 0 radical (unpaired) electrons. The first kappa shape index (κ1) is 17.7. The minimum atomic E-state index is -3.64. The third-order valence-electron chi connectivity index (χ3n) is 4.39. The van der Waals surface area contributed by atoms with E-state index >= 15 is 0 Å². The van der Waals surface area contributed by atoms with Crippen LogP contribution < -0.4 is 0 Å². The molecule has 0 saturated carbocycles. The summed E-state index contributed by atoms with van der Waals surface area (Å²) >= 11 is -3.64. The Hall–Kier alpha value is -0.0657. The molecule has 1 atom stereocenters. The van der Waals surface area contributed by atoms with Crippen LogP contribution in [0.15, 0.2) is 71.8 Å². The van der Waals surface area contributed by atoms with Crippen molar-refractivity contribution in [3.8, 4) is 0 Å². The molecule has 3 rings (SSSR count). The second-order valence-corrected chi connectivity index (χ2v) is 19.8. The number of benzene rings is 2. The molecule has 118 valence electrons. The number of hydrogen-bond acceptors (Lipinski definition) is 0. The van der Waals surface area contributed by atoms with Gasteiger partial charge in [-0.15, -0.1) is 0 Å². The van der Waals surface area contributed by atoms with E-state index in [4.69, 9.17) is 27.9 Å². The van der Waals surface area contributed by atoms with Crippen LogP contribution in [-0.4, -0.2) is 5.29 Å². The summed E-state index contributed by atoms with van der Waals surface area (Å²) in [5.41, 5.74) is 4.77. The SMILES string of the molecule is CC1=C(C)[C](c2ccccc2)([Ti]([Cl])([Cl])[Cl])P=C1c1ccccc1. The number of rotatable bonds is 3. The molecule has 0 nitrogen and oxygen atoms in total. The van der Waals surface area contributed by atoms with Gasteiger partial charge in [0, 0.05) is 0 Å². The summed E-state index contributed by atoms with van der Waals surface area (Å²) in [6, 6.07) is 20.6. The van der Waals surface area contributed by atoms with Gasteiger partial charge in [-0.25, -0.2) is 0 Å². The molecule has 1 heterocycles. The Kier molecular flexibility index (Phi) is 5.15. The zero-order valence-corrected chi connectivity index (χ0v) is 17.6. The fraction of sp³-hybridized carbons (Fsp3) is 0.167. The molecule has 23 heavy (non-hydrogen) atoms. The van der Waals surface area contributed by atoms with Crippen molar-refractivity contribution in [1.29, 1.82) is 0 Å². The summed E-state index contributed by atoms with van der Waals surface area (Å²) in [7, 11) is 21.2. The van der Waals surface area contributed by atoms with E-state index in [1.165, 1.54) is 22.0 Å². The summed E-state index contributed by atoms with van der Waals surface area (Å²) in [5.74, 6) is 0. The summed E-state index contributed by atoms with van der Waals surface area (Å²) < 4.78 is -0.471. The summed E-state index contributed by atoms with van der Waals surface area (Å²) in [5, 5.41) is 1.27. The van der Waals surface area contributed by atoms with Gasteiger partial charge in [0.1, 0.15) is 0 Å². The molecule has 0 spiro atoms. The third kappa shape index (κ3) is 3.00. The zero-order chi connectivity index (χ0) is 16.7. The van der Waals surface area contributed by atoms with Crippen molar-refractivity contribution in [3.63, 3.8) is 0 Å². The predicted octanol–water partition coefficient (Wildman–Crippen LogP) is 6.97. The van der Waals surface area contributed by atoms with E-state index in [1.807, 2.05) is 24.3 Å². The normalized spacial score (nSPS) is 22.2. The topological polar surface area (TPSA) is 0 Å². The fourth-order valence-electron chi connectivity index (χ4n) is 3.06. The number of halogens is 3. The van der Waals surface area contributed by atoms with Crippen molar-refractivity contribution < 1.29 is 13.4 Å². The fourth-order valence-corrected chi connectivity index (χ4v) is 12.3. The first-order valence-electron chi connectivity index (χ1n) is 7.34. The van der Waals surface area contributed by atoms with Crippen LogP contribution >= 0.6 is 36.1 Å². The summed E-state index contributed by atoms with van der Waals surface area (Å²) in [6.07, 6.45) is 0. The molecule has 0 aromatic heterocycles. The second kappa shape index (κ2) is 6.68. The third-order valence-corrected chi connectivity index (χ3v) is 15.5. The van der Waals surface area contributed by atoms with Gasteiger partial charge in [-0.1, -0.05) is 0 Å². The van der Waals surface area contributed by atoms with Crippen LogP contribution in [0.3, 0.4) is 0 Å². The molecule has 0 aliphatic carbocycles. The maximum atomic E-state index is 6.71. The summed E-state index contributed by atoms with van der Waals surface area (Å²) in [4.78, 5) is 0. The van der Waals surface area contributed by atoms with E-state index in [9.17, 15) is 0 Å². The Labute approximate surface area is 154 Å². The Morgan fingerprint density at radius 1 is 0.826 bits per heavy atom. The summed E-state index contributed by atoms with van der Waals surface area (Å²) in [6.45, 7) is 4.27. The molecular formula is C18H16Cl3PTi. The van der Waals surface area contributed by atoms with Crippen LogP contribution in [0.1, 0.15) is 25.0 Å².